The minimum atomic E-state index is -0.902. The SMILES string of the molecule is CC(=O)OC(C)C(=O)Nc1cccc(C2OC(CN3CC4(C)CC3CC(C)(C)C4)CC(c3ccc(CO)cc3)O2)c1. The maximum atomic E-state index is 12.6. The zero-order valence-electron chi connectivity index (χ0n) is 24.9. The van der Waals surface area contributed by atoms with E-state index in [9.17, 15) is 14.7 Å². The van der Waals surface area contributed by atoms with Gasteiger partial charge in [-0.2, -0.15) is 0 Å². The largest absolute Gasteiger partial charge is 0.453 e. The van der Waals surface area contributed by atoms with Crippen molar-refractivity contribution in [2.24, 2.45) is 10.8 Å². The van der Waals surface area contributed by atoms with Gasteiger partial charge in [-0.3, -0.25) is 14.5 Å². The van der Waals surface area contributed by atoms with Crippen LogP contribution in [0.25, 0.3) is 0 Å². The predicted molar refractivity (Wildman–Crippen MR) is 156 cm³/mol. The zero-order valence-corrected chi connectivity index (χ0v) is 24.9. The number of aliphatic hydroxyl groups is 1. The summed E-state index contributed by atoms with van der Waals surface area (Å²) >= 11 is 0. The molecular formula is C33H44N2O6. The fraction of sp³-hybridized carbons (Fsp3) is 0.576. The van der Waals surface area contributed by atoms with Crippen LogP contribution in [0.15, 0.2) is 48.5 Å². The van der Waals surface area contributed by atoms with Gasteiger partial charge in [-0.05, 0) is 60.3 Å². The van der Waals surface area contributed by atoms with Gasteiger partial charge in [0.25, 0.3) is 5.91 Å². The lowest BCUT2D eigenvalue weighted by Gasteiger charge is -2.41. The molecule has 2 bridgehead atoms. The molecule has 6 unspecified atom stereocenters. The van der Waals surface area contributed by atoms with Gasteiger partial charge in [-0.1, -0.05) is 57.2 Å². The van der Waals surface area contributed by atoms with Gasteiger partial charge in [0.1, 0.15) is 0 Å². The molecule has 3 fully saturated rings. The number of fused-ring (bicyclic) bond motifs is 2. The second-order valence-corrected chi connectivity index (χ2v) is 13.4. The van der Waals surface area contributed by atoms with E-state index >= 15 is 0 Å². The number of likely N-dealkylation sites (tertiary alicyclic amines) is 1. The second-order valence-electron chi connectivity index (χ2n) is 13.4. The topological polar surface area (TPSA) is 97.3 Å². The molecule has 2 saturated heterocycles. The van der Waals surface area contributed by atoms with Gasteiger partial charge < -0.3 is 24.6 Å². The molecule has 8 heteroatoms. The molecule has 1 aliphatic carbocycles. The first-order valence-electron chi connectivity index (χ1n) is 14.7. The van der Waals surface area contributed by atoms with Crippen molar-refractivity contribution in [2.45, 2.75) is 97.6 Å². The average molecular weight is 565 g/mol. The lowest BCUT2D eigenvalue weighted by molar-refractivity contribution is -0.253. The average Bonchev–Trinajstić information content (AvgIpc) is 3.15. The molecule has 1 saturated carbocycles. The first-order valence-corrected chi connectivity index (χ1v) is 14.7. The number of aliphatic hydroxyl groups excluding tert-OH is 1. The summed E-state index contributed by atoms with van der Waals surface area (Å²) in [7, 11) is 0. The minimum Gasteiger partial charge on any atom is -0.453 e. The molecule has 1 amide bonds. The Balaban J connectivity index is 1.35. The van der Waals surface area contributed by atoms with Crippen molar-refractivity contribution in [3.05, 3.63) is 65.2 Å². The van der Waals surface area contributed by atoms with Crippen LogP contribution in [-0.4, -0.2) is 53.2 Å². The van der Waals surface area contributed by atoms with E-state index in [2.05, 4.69) is 31.0 Å². The highest BCUT2D eigenvalue weighted by molar-refractivity contribution is 5.95. The molecule has 222 valence electrons. The van der Waals surface area contributed by atoms with E-state index in [0.29, 0.717) is 22.6 Å². The number of anilines is 1. The van der Waals surface area contributed by atoms with Crippen LogP contribution in [0.2, 0.25) is 0 Å². The summed E-state index contributed by atoms with van der Waals surface area (Å²) in [6, 6.07) is 15.9. The molecule has 2 N–H and O–H groups in total. The van der Waals surface area contributed by atoms with Crippen LogP contribution in [-0.2, 0) is 30.4 Å². The highest BCUT2D eigenvalue weighted by atomic mass is 16.7. The molecule has 2 aromatic rings. The van der Waals surface area contributed by atoms with Crippen molar-refractivity contribution in [3.8, 4) is 0 Å². The number of amides is 1. The maximum Gasteiger partial charge on any atom is 0.303 e. The molecule has 0 aromatic heterocycles. The summed E-state index contributed by atoms with van der Waals surface area (Å²) in [6.45, 7) is 12.0. The van der Waals surface area contributed by atoms with E-state index < -0.39 is 24.3 Å². The molecule has 8 nitrogen and oxygen atoms in total. The highest BCUT2D eigenvalue weighted by Gasteiger charge is 2.50. The van der Waals surface area contributed by atoms with E-state index in [0.717, 1.165) is 36.2 Å². The van der Waals surface area contributed by atoms with E-state index in [1.165, 1.54) is 26.2 Å². The fourth-order valence-corrected chi connectivity index (χ4v) is 7.39. The Labute approximate surface area is 243 Å². The molecule has 2 heterocycles. The van der Waals surface area contributed by atoms with E-state index in [1.807, 2.05) is 42.5 Å². The van der Waals surface area contributed by atoms with Gasteiger partial charge in [-0.25, -0.2) is 0 Å². The predicted octanol–water partition coefficient (Wildman–Crippen LogP) is 5.52. The first kappa shape index (κ1) is 29.7. The summed E-state index contributed by atoms with van der Waals surface area (Å²) < 4.78 is 18.2. The number of hydrogen-bond acceptors (Lipinski definition) is 7. The number of carbonyl (C=O) groups is 2. The molecule has 2 aromatic carbocycles. The Morgan fingerprint density at radius 3 is 2.56 bits per heavy atom. The summed E-state index contributed by atoms with van der Waals surface area (Å²) in [5.74, 6) is -0.909. The van der Waals surface area contributed by atoms with Gasteiger partial charge in [0.15, 0.2) is 12.4 Å². The monoisotopic (exact) mass is 564 g/mol. The molecule has 41 heavy (non-hydrogen) atoms. The van der Waals surface area contributed by atoms with Crippen LogP contribution >= 0.6 is 0 Å². The van der Waals surface area contributed by atoms with E-state index in [4.69, 9.17) is 14.2 Å². The van der Waals surface area contributed by atoms with Gasteiger partial charge >= 0.3 is 5.97 Å². The smallest absolute Gasteiger partial charge is 0.303 e. The lowest BCUT2D eigenvalue weighted by atomic mass is 9.65. The summed E-state index contributed by atoms with van der Waals surface area (Å²) in [5.41, 5.74) is 3.98. The Morgan fingerprint density at radius 2 is 1.85 bits per heavy atom. The Kier molecular flexibility index (Phi) is 8.58. The van der Waals surface area contributed by atoms with Crippen LogP contribution < -0.4 is 5.32 Å². The van der Waals surface area contributed by atoms with Crippen molar-refractivity contribution >= 4 is 17.6 Å². The Morgan fingerprint density at radius 1 is 1.10 bits per heavy atom. The number of ether oxygens (including phenoxy) is 3. The summed E-state index contributed by atoms with van der Waals surface area (Å²) in [6.07, 6.45) is 2.69. The van der Waals surface area contributed by atoms with Crippen molar-refractivity contribution in [2.75, 3.05) is 18.4 Å². The molecule has 3 aliphatic rings. The molecule has 6 atom stereocenters. The third-order valence-electron chi connectivity index (χ3n) is 8.71. The van der Waals surface area contributed by atoms with Gasteiger partial charge in [0.2, 0.25) is 0 Å². The minimum absolute atomic E-state index is 0.000214. The Bertz CT molecular complexity index is 1250. The van der Waals surface area contributed by atoms with Crippen LogP contribution in [0.4, 0.5) is 5.69 Å². The van der Waals surface area contributed by atoms with Crippen molar-refractivity contribution < 1.29 is 28.9 Å². The summed E-state index contributed by atoms with van der Waals surface area (Å²) in [5, 5.41) is 12.3. The van der Waals surface area contributed by atoms with Crippen LogP contribution in [0, 0.1) is 10.8 Å². The van der Waals surface area contributed by atoms with Crippen LogP contribution in [0.1, 0.15) is 89.4 Å². The molecule has 2 aliphatic heterocycles. The Hall–Kier alpha value is -2.78. The van der Waals surface area contributed by atoms with E-state index in [1.54, 1.807) is 13.0 Å². The summed E-state index contributed by atoms with van der Waals surface area (Å²) in [4.78, 5) is 26.5. The van der Waals surface area contributed by atoms with E-state index in [-0.39, 0.29) is 18.8 Å². The fourth-order valence-electron chi connectivity index (χ4n) is 7.39. The second kappa shape index (κ2) is 11.8. The zero-order chi connectivity index (χ0) is 29.4. The standard InChI is InChI=1S/C33H44N2O6/c1-21(39-22(2)37)30(38)34-26-8-6-7-25(13-26)31-40-28(14-29(41-31)24-11-9-23(18-36)10-12-24)17-35-20-33(5)16-27(35)15-32(3,4)19-33/h6-13,21,27-29,31,36H,14-20H2,1-5H3,(H,34,38). The third kappa shape index (κ3) is 7.17. The molecule has 5 rings (SSSR count). The number of rotatable bonds is 8. The number of esters is 1. The van der Waals surface area contributed by atoms with Gasteiger partial charge in [-0.15, -0.1) is 0 Å². The number of hydrogen-bond donors (Lipinski definition) is 2. The number of benzene rings is 2. The lowest BCUT2D eigenvalue weighted by Crippen LogP contribution is -2.42. The normalized spacial score (nSPS) is 30.0. The number of nitrogens with zero attached hydrogens (tertiary/aromatic N) is 1. The van der Waals surface area contributed by atoms with Gasteiger partial charge in [0.05, 0.1) is 18.8 Å². The molecule has 0 spiro atoms. The van der Waals surface area contributed by atoms with Crippen molar-refractivity contribution in [1.82, 2.24) is 4.90 Å². The number of carbonyl (C=O) groups excluding carboxylic acids is 2. The van der Waals surface area contributed by atoms with Crippen LogP contribution in [0.5, 0.6) is 0 Å². The highest BCUT2D eigenvalue weighted by Crippen LogP contribution is 2.53. The third-order valence-corrected chi connectivity index (χ3v) is 8.71. The quantitative estimate of drug-likeness (QED) is 0.408. The van der Waals surface area contributed by atoms with Gasteiger partial charge in [0, 0.05) is 43.7 Å². The first-order chi connectivity index (χ1) is 19.4. The maximum absolute atomic E-state index is 12.6. The van der Waals surface area contributed by atoms with Crippen LogP contribution in [0.3, 0.4) is 0 Å². The van der Waals surface area contributed by atoms with Crippen molar-refractivity contribution in [1.29, 1.82) is 0 Å². The molecule has 0 radical (unpaired) electrons. The van der Waals surface area contributed by atoms with Crippen molar-refractivity contribution in [3.63, 3.8) is 0 Å². The number of nitrogens with one attached hydrogen (secondary N) is 1. The molecular weight excluding hydrogens is 520 g/mol.